The van der Waals surface area contributed by atoms with Crippen LogP contribution in [0.1, 0.15) is 18.1 Å². The van der Waals surface area contributed by atoms with Gasteiger partial charge in [0.2, 0.25) is 0 Å². The minimum atomic E-state index is -4.33. The number of halogens is 4. The molecule has 120 valence electrons. The molecule has 0 saturated carbocycles. The van der Waals surface area contributed by atoms with Crippen molar-refractivity contribution in [3.05, 3.63) is 47.5 Å². The van der Waals surface area contributed by atoms with Gasteiger partial charge in [0, 0.05) is 5.56 Å². The molecule has 22 heavy (non-hydrogen) atoms. The standard InChI is InChI=1S/C15H16F3N3.HI/c1-11(2)10-21-14(19)20-9-3-4-12-5-7-13(8-6-12)15(16,17)18;/h5-8H,1,9-10H2,2H3,(H3,19,20,21);1H. The number of nitrogens with one attached hydrogen (secondary N) is 1. The van der Waals surface area contributed by atoms with Crippen molar-refractivity contribution < 1.29 is 13.2 Å². The first-order chi connectivity index (χ1) is 9.79. The van der Waals surface area contributed by atoms with Crippen LogP contribution in [0.15, 0.2) is 41.4 Å². The van der Waals surface area contributed by atoms with E-state index in [2.05, 4.69) is 28.7 Å². The molecule has 0 saturated heterocycles. The first-order valence-electron chi connectivity index (χ1n) is 6.13. The first kappa shape index (κ1) is 20.3. The maximum absolute atomic E-state index is 12.4. The predicted molar refractivity (Wildman–Crippen MR) is 93.0 cm³/mol. The molecule has 0 unspecified atom stereocenters. The van der Waals surface area contributed by atoms with Crippen molar-refractivity contribution in [2.45, 2.75) is 13.1 Å². The zero-order chi connectivity index (χ0) is 15.9. The number of aliphatic imine (C=N–C) groups is 1. The van der Waals surface area contributed by atoms with Gasteiger partial charge < -0.3 is 11.1 Å². The third-order valence-corrected chi connectivity index (χ3v) is 2.32. The van der Waals surface area contributed by atoms with Gasteiger partial charge in [-0.15, -0.1) is 24.0 Å². The summed E-state index contributed by atoms with van der Waals surface area (Å²) in [5.74, 6) is 5.74. The zero-order valence-electron chi connectivity index (χ0n) is 12.0. The quantitative estimate of drug-likeness (QED) is 0.258. The van der Waals surface area contributed by atoms with Crippen LogP contribution in [0.5, 0.6) is 0 Å². The molecule has 1 rings (SSSR count). The second-order valence-corrected chi connectivity index (χ2v) is 4.39. The Hall–Kier alpha value is -1.69. The molecule has 0 fully saturated rings. The van der Waals surface area contributed by atoms with Crippen LogP contribution in [0.2, 0.25) is 0 Å². The van der Waals surface area contributed by atoms with Gasteiger partial charge in [0.1, 0.15) is 0 Å². The number of hydrogen-bond donors (Lipinski definition) is 2. The van der Waals surface area contributed by atoms with E-state index in [1.807, 2.05) is 6.92 Å². The molecule has 0 aliphatic heterocycles. The Morgan fingerprint density at radius 1 is 1.32 bits per heavy atom. The van der Waals surface area contributed by atoms with Crippen molar-refractivity contribution in [3.63, 3.8) is 0 Å². The number of rotatable bonds is 3. The van der Waals surface area contributed by atoms with Gasteiger partial charge in [0.05, 0.1) is 18.7 Å². The molecule has 1 aromatic rings. The second kappa shape index (κ2) is 9.35. The Morgan fingerprint density at radius 3 is 2.41 bits per heavy atom. The molecule has 0 atom stereocenters. The van der Waals surface area contributed by atoms with Crippen molar-refractivity contribution in [3.8, 4) is 11.8 Å². The summed E-state index contributed by atoms with van der Waals surface area (Å²) in [6, 6.07) is 4.66. The summed E-state index contributed by atoms with van der Waals surface area (Å²) in [5.41, 5.74) is 6.27. The lowest BCUT2D eigenvalue weighted by atomic mass is 10.1. The number of guanidine groups is 1. The van der Waals surface area contributed by atoms with Gasteiger partial charge in [-0.25, -0.2) is 4.99 Å². The number of nitrogens with two attached hydrogens (primary N) is 1. The van der Waals surface area contributed by atoms with Crippen molar-refractivity contribution in [1.82, 2.24) is 5.32 Å². The molecule has 3 N–H and O–H groups in total. The van der Waals surface area contributed by atoms with Crippen LogP contribution < -0.4 is 11.1 Å². The van der Waals surface area contributed by atoms with E-state index >= 15 is 0 Å². The van der Waals surface area contributed by atoms with Gasteiger partial charge in [-0.05, 0) is 31.2 Å². The summed E-state index contributed by atoms with van der Waals surface area (Å²) in [6.07, 6.45) is -4.33. The SMILES string of the molecule is C=C(C)CN=C(N)NCC#Cc1ccc(C(F)(F)F)cc1.I. The van der Waals surface area contributed by atoms with Crippen LogP contribution in [0.3, 0.4) is 0 Å². The highest BCUT2D eigenvalue weighted by atomic mass is 127. The smallest absolute Gasteiger partial charge is 0.370 e. The fraction of sp³-hybridized carbons (Fsp3) is 0.267. The van der Waals surface area contributed by atoms with E-state index < -0.39 is 11.7 Å². The second-order valence-electron chi connectivity index (χ2n) is 4.39. The van der Waals surface area contributed by atoms with Crippen LogP contribution in [-0.2, 0) is 6.18 Å². The molecule has 0 heterocycles. The molecule has 3 nitrogen and oxygen atoms in total. The van der Waals surface area contributed by atoms with E-state index in [1.165, 1.54) is 12.1 Å². The van der Waals surface area contributed by atoms with Gasteiger partial charge in [-0.1, -0.05) is 24.0 Å². The third-order valence-electron chi connectivity index (χ3n) is 2.32. The van der Waals surface area contributed by atoms with Gasteiger partial charge in [0.25, 0.3) is 0 Å². The van der Waals surface area contributed by atoms with E-state index in [0.717, 1.165) is 17.7 Å². The number of alkyl halides is 3. The largest absolute Gasteiger partial charge is 0.416 e. The van der Waals surface area contributed by atoms with Gasteiger partial charge >= 0.3 is 6.18 Å². The summed E-state index contributed by atoms with van der Waals surface area (Å²) in [7, 11) is 0. The lowest BCUT2D eigenvalue weighted by Gasteiger charge is -2.05. The van der Waals surface area contributed by atoms with Crippen molar-refractivity contribution >= 4 is 29.9 Å². The molecular weight excluding hydrogens is 406 g/mol. The normalized spacial score (nSPS) is 11.0. The lowest BCUT2D eigenvalue weighted by molar-refractivity contribution is -0.137. The summed E-state index contributed by atoms with van der Waals surface area (Å²) in [4.78, 5) is 4.00. The Balaban J connectivity index is 0.00000441. The number of benzene rings is 1. The third kappa shape index (κ3) is 7.93. The highest BCUT2D eigenvalue weighted by Crippen LogP contribution is 2.28. The van der Waals surface area contributed by atoms with E-state index in [-0.39, 0.29) is 36.5 Å². The molecule has 0 amide bonds. The Kier molecular flexibility index (Phi) is 8.63. The molecule has 0 aliphatic carbocycles. The molecule has 1 aromatic carbocycles. The molecule has 0 radical (unpaired) electrons. The maximum atomic E-state index is 12.4. The Labute approximate surface area is 144 Å². The summed E-state index contributed by atoms with van der Waals surface area (Å²) >= 11 is 0. The monoisotopic (exact) mass is 423 g/mol. The van der Waals surface area contributed by atoms with Gasteiger partial charge in [-0.2, -0.15) is 13.2 Å². The number of hydrogen-bond acceptors (Lipinski definition) is 1. The fourth-order valence-electron chi connectivity index (χ4n) is 1.30. The molecule has 0 bridgehead atoms. The Morgan fingerprint density at radius 2 is 1.91 bits per heavy atom. The average Bonchev–Trinajstić information content (AvgIpc) is 2.41. The predicted octanol–water partition coefficient (Wildman–Crippen LogP) is 3.16. The molecule has 7 heteroatoms. The lowest BCUT2D eigenvalue weighted by Crippen LogP contribution is -2.32. The van der Waals surface area contributed by atoms with Gasteiger partial charge in [0.15, 0.2) is 5.96 Å². The van der Waals surface area contributed by atoms with Crippen LogP contribution in [0.4, 0.5) is 13.2 Å². The molecular formula is C15H17F3IN3. The van der Waals surface area contributed by atoms with Crippen molar-refractivity contribution in [1.29, 1.82) is 0 Å². The highest BCUT2D eigenvalue weighted by Gasteiger charge is 2.29. The van der Waals surface area contributed by atoms with Crippen LogP contribution in [0.25, 0.3) is 0 Å². The van der Waals surface area contributed by atoms with Crippen LogP contribution >= 0.6 is 24.0 Å². The average molecular weight is 423 g/mol. The van der Waals surface area contributed by atoms with Crippen molar-refractivity contribution in [2.75, 3.05) is 13.1 Å². The maximum Gasteiger partial charge on any atom is 0.416 e. The zero-order valence-corrected chi connectivity index (χ0v) is 14.3. The summed E-state index contributed by atoms with van der Waals surface area (Å²) in [6.45, 7) is 6.22. The fourth-order valence-corrected chi connectivity index (χ4v) is 1.30. The van der Waals surface area contributed by atoms with Crippen LogP contribution in [0, 0.1) is 11.8 Å². The minimum Gasteiger partial charge on any atom is -0.370 e. The molecule has 0 spiro atoms. The minimum absolute atomic E-state index is 0. The number of nitrogens with zero attached hydrogens (tertiary/aromatic N) is 1. The molecule has 0 aromatic heterocycles. The summed E-state index contributed by atoms with van der Waals surface area (Å²) < 4.78 is 37.1. The van der Waals surface area contributed by atoms with E-state index in [0.29, 0.717) is 12.1 Å². The van der Waals surface area contributed by atoms with E-state index in [9.17, 15) is 13.2 Å². The highest BCUT2D eigenvalue weighted by molar-refractivity contribution is 14.0. The van der Waals surface area contributed by atoms with Gasteiger partial charge in [-0.3, -0.25) is 0 Å². The van der Waals surface area contributed by atoms with Crippen LogP contribution in [-0.4, -0.2) is 19.0 Å². The Bertz CT molecular complexity index is 581. The van der Waals surface area contributed by atoms with E-state index in [1.54, 1.807) is 0 Å². The van der Waals surface area contributed by atoms with Crippen molar-refractivity contribution in [2.24, 2.45) is 10.7 Å². The van der Waals surface area contributed by atoms with E-state index in [4.69, 9.17) is 5.73 Å². The first-order valence-corrected chi connectivity index (χ1v) is 6.13. The molecule has 0 aliphatic rings. The summed E-state index contributed by atoms with van der Waals surface area (Å²) in [5, 5.41) is 2.78. The topological polar surface area (TPSA) is 50.4 Å².